The number of aromatic nitrogens is 1. The van der Waals surface area contributed by atoms with Crippen LogP contribution in [0.15, 0.2) is 56.7 Å². The summed E-state index contributed by atoms with van der Waals surface area (Å²) >= 11 is 9.30. The second-order valence-corrected chi connectivity index (χ2v) is 10.8. The minimum Gasteiger partial charge on any atom is -0.481 e. The Morgan fingerprint density at radius 2 is 1.88 bits per heavy atom. The average molecular weight is 550 g/mol. The molecule has 0 bridgehead atoms. The van der Waals surface area contributed by atoms with Crippen molar-refractivity contribution in [2.24, 2.45) is 0 Å². The highest BCUT2D eigenvalue weighted by Gasteiger charge is 2.30. The van der Waals surface area contributed by atoms with Crippen molar-refractivity contribution < 1.29 is 23.1 Å². The Balaban J connectivity index is 1.90. The minimum absolute atomic E-state index is 0.00536. The molecule has 7 nitrogen and oxygen atoms in total. The third-order valence-corrected chi connectivity index (χ3v) is 8.02. The predicted octanol–water partition coefficient (Wildman–Crippen LogP) is 5.08. The lowest BCUT2D eigenvalue weighted by Crippen LogP contribution is -2.08. The normalized spacial score (nSPS) is 14.4. The van der Waals surface area contributed by atoms with Gasteiger partial charge in [0, 0.05) is 38.6 Å². The number of amides is 1. The Hall–Kier alpha value is -2.88. The van der Waals surface area contributed by atoms with Crippen LogP contribution in [0.25, 0.3) is 11.6 Å². The molecule has 2 aromatic carbocycles. The van der Waals surface area contributed by atoms with Crippen molar-refractivity contribution in [3.63, 3.8) is 0 Å². The zero-order valence-electron chi connectivity index (χ0n) is 17.3. The maximum atomic E-state index is 13.5. The number of carbonyl (C=O) groups excluding carboxylic acids is 1. The first-order valence-electron chi connectivity index (χ1n) is 9.85. The lowest BCUT2D eigenvalue weighted by molar-refractivity contribution is -0.137. The van der Waals surface area contributed by atoms with Gasteiger partial charge in [0.1, 0.15) is 0 Å². The number of carbonyl (C=O) groups is 2. The van der Waals surface area contributed by atoms with Crippen LogP contribution in [0.5, 0.6) is 0 Å². The molecule has 0 fully saturated rings. The van der Waals surface area contributed by atoms with E-state index in [9.17, 15) is 23.1 Å². The second-order valence-electron chi connectivity index (χ2n) is 7.52. The minimum atomic E-state index is -3.98. The summed E-state index contributed by atoms with van der Waals surface area (Å²) in [6, 6.07) is 11.1. The molecule has 170 valence electrons. The Morgan fingerprint density at radius 1 is 1.18 bits per heavy atom. The topological polar surface area (TPSA) is 116 Å². The molecule has 1 aromatic heterocycles. The Bertz CT molecular complexity index is 1430. The fraction of sp³-hybridized carbons (Fsp3) is 0.130. The molecule has 1 amide bonds. The van der Waals surface area contributed by atoms with E-state index in [-0.39, 0.29) is 28.5 Å². The van der Waals surface area contributed by atoms with E-state index in [1.807, 2.05) is 0 Å². The van der Waals surface area contributed by atoms with Gasteiger partial charge < -0.3 is 15.4 Å². The number of rotatable bonds is 6. The number of aryl methyl sites for hydroxylation is 1. The maximum absolute atomic E-state index is 13.5. The predicted molar refractivity (Wildman–Crippen MR) is 129 cm³/mol. The summed E-state index contributed by atoms with van der Waals surface area (Å²) in [6.45, 7) is 1.61. The molecule has 0 saturated heterocycles. The van der Waals surface area contributed by atoms with Crippen molar-refractivity contribution in [1.29, 1.82) is 0 Å². The van der Waals surface area contributed by atoms with Crippen molar-refractivity contribution in [3.8, 4) is 0 Å². The number of H-pyrrole nitrogens is 1. The molecule has 0 atom stereocenters. The number of hydrogen-bond donors (Lipinski definition) is 3. The van der Waals surface area contributed by atoms with Gasteiger partial charge in [0.05, 0.1) is 15.4 Å². The van der Waals surface area contributed by atoms with E-state index in [1.165, 1.54) is 24.3 Å². The van der Waals surface area contributed by atoms with E-state index in [4.69, 9.17) is 11.6 Å². The standard InChI is InChI=1S/C23H18BrClN2O5S/c1-12-22(33(31,32)15-5-3-14(25)4-6-15)16(7-9-21(28)29)20(26-12)11-18-17-10-13(24)2-8-19(17)27-23(18)30/h2-6,8,10-11,26H,7,9H2,1H3,(H,27,30)(H,28,29)/b18-11-. The SMILES string of the molecule is Cc1[nH]c(/C=C2\C(=O)Nc3ccc(Br)cc32)c(CCC(=O)O)c1S(=O)(=O)c1ccc(Cl)cc1. The summed E-state index contributed by atoms with van der Waals surface area (Å²) in [4.78, 5) is 27.0. The van der Waals surface area contributed by atoms with Crippen molar-refractivity contribution in [2.75, 3.05) is 5.32 Å². The molecule has 4 rings (SSSR count). The Labute approximate surface area is 203 Å². The van der Waals surface area contributed by atoms with Crippen molar-refractivity contribution in [2.45, 2.75) is 29.6 Å². The van der Waals surface area contributed by atoms with Crippen LogP contribution in [-0.4, -0.2) is 30.4 Å². The van der Waals surface area contributed by atoms with E-state index < -0.39 is 15.8 Å². The van der Waals surface area contributed by atoms with Crippen LogP contribution in [-0.2, 0) is 25.8 Å². The smallest absolute Gasteiger partial charge is 0.303 e. The van der Waals surface area contributed by atoms with Gasteiger partial charge in [-0.1, -0.05) is 27.5 Å². The number of halogens is 2. The third kappa shape index (κ3) is 4.48. The summed E-state index contributed by atoms with van der Waals surface area (Å²) in [5, 5.41) is 12.4. The van der Waals surface area contributed by atoms with Crippen LogP contribution >= 0.6 is 27.5 Å². The van der Waals surface area contributed by atoms with Crippen LogP contribution in [0.1, 0.15) is 28.9 Å². The van der Waals surface area contributed by atoms with Gasteiger partial charge in [0.25, 0.3) is 5.91 Å². The largest absolute Gasteiger partial charge is 0.481 e. The number of anilines is 1. The fourth-order valence-electron chi connectivity index (χ4n) is 3.83. The molecule has 0 radical (unpaired) electrons. The molecular formula is C23H18BrClN2O5S. The molecule has 10 heteroatoms. The molecule has 0 saturated carbocycles. The van der Waals surface area contributed by atoms with Crippen molar-refractivity contribution in [3.05, 3.63) is 74.5 Å². The number of sulfone groups is 1. The highest BCUT2D eigenvalue weighted by atomic mass is 79.9. The molecule has 1 aliphatic rings. The van der Waals surface area contributed by atoms with Crippen LogP contribution in [0.4, 0.5) is 5.69 Å². The van der Waals surface area contributed by atoms with Gasteiger partial charge >= 0.3 is 5.97 Å². The van der Waals surface area contributed by atoms with Gasteiger partial charge in [-0.25, -0.2) is 8.42 Å². The molecule has 3 aromatic rings. The summed E-state index contributed by atoms with van der Waals surface area (Å²) in [7, 11) is -3.98. The summed E-state index contributed by atoms with van der Waals surface area (Å²) < 4.78 is 27.7. The third-order valence-electron chi connectivity index (χ3n) is 5.30. The highest BCUT2D eigenvalue weighted by molar-refractivity contribution is 9.10. The number of aromatic amines is 1. The number of carboxylic acid groups (broad SMARTS) is 1. The van der Waals surface area contributed by atoms with Crippen LogP contribution in [0, 0.1) is 6.92 Å². The van der Waals surface area contributed by atoms with Crippen LogP contribution in [0.2, 0.25) is 5.02 Å². The first kappa shape index (κ1) is 23.3. The molecule has 2 heterocycles. The van der Waals surface area contributed by atoms with E-state index >= 15 is 0 Å². The lowest BCUT2D eigenvalue weighted by Gasteiger charge is -2.08. The zero-order valence-corrected chi connectivity index (χ0v) is 20.4. The number of aliphatic carboxylic acids is 1. The van der Waals surface area contributed by atoms with Gasteiger partial charge in [-0.2, -0.15) is 0 Å². The summed E-state index contributed by atoms with van der Waals surface area (Å²) in [5.74, 6) is -1.39. The van der Waals surface area contributed by atoms with Gasteiger partial charge in [-0.15, -0.1) is 0 Å². The first-order valence-corrected chi connectivity index (χ1v) is 12.5. The average Bonchev–Trinajstić information content (AvgIpc) is 3.23. The summed E-state index contributed by atoms with van der Waals surface area (Å²) in [6.07, 6.45) is 1.26. The number of benzene rings is 2. The molecule has 0 aliphatic carbocycles. The van der Waals surface area contributed by atoms with Gasteiger partial charge in [-0.3, -0.25) is 9.59 Å². The number of fused-ring (bicyclic) bond motifs is 1. The van der Waals surface area contributed by atoms with E-state index in [2.05, 4.69) is 26.2 Å². The second kappa shape index (κ2) is 8.81. The molecule has 3 N–H and O–H groups in total. The monoisotopic (exact) mass is 548 g/mol. The van der Waals surface area contributed by atoms with Gasteiger partial charge in [0.15, 0.2) is 0 Å². The Morgan fingerprint density at radius 3 is 2.55 bits per heavy atom. The van der Waals surface area contributed by atoms with Crippen molar-refractivity contribution >= 4 is 66.6 Å². The highest BCUT2D eigenvalue weighted by Crippen LogP contribution is 2.37. The lowest BCUT2D eigenvalue weighted by atomic mass is 10.0. The van der Waals surface area contributed by atoms with E-state index in [0.717, 1.165) is 4.47 Å². The molecular weight excluding hydrogens is 532 g/mol. The zero-order chi connectivity index (χ0) is 23.9. The molecule has 33 heavy (non-hydrogen) atoms. The fourth-order valence-corrected chi connectivity index (χ4v) is 6.04. The summed E-state index contributed by atoms with van der Waals surface area (Å²) in [5.41, 5.74) is 2.68. The number of hydrogen-bond acceptors (Lipinski definition) is 4. The van der Waals surface area contributed by atoms with Gasteiger partial charge in [-0.05, 0) is 67.4 Å². The van der Waals surface area contributed by atoms with Crippen molar-refractivity contribution in [1.82, 2.24) is 4.98 Å². The molecule has 1 aliphatic heterocycles. The van der Waals surface area contributed by atoms with Crippen LogP contribution < -0.4 is 5.32 Å². The Kier molecular flexibility index (Phi) is 6.22. The number of carboxylic acids is 1. The maximum Gasteiger partial charge on any atom is 0.303 e. The first-order chi connectivity index (χ1) is 15.6. The van der Waals surface area contributed by atoms with E-state index in [1.54, 1.807) is 31.2 Å². The number of nitrogens with one attached hydrogen (secondary N) is 2. The molecule has 0 spiro atoms. The molecule has 0 unspecified atom stereocenters. The quantitative estimate of drug-likeness (QED) is 0.371. The van der Waals surface area contributed by atoms with E-state index in [0.29, 0.717) is 38.8 Å². The van der Waals surface area contributed by atoms with Gasteiger partial charge in [0.2, 0.25) is 9.84 Å². The van der Waals surface area contributed by atoms with Crippen LogP contribution in [0.3, 0.4) is 0 Å².